The summed E-state index contributed by atoms with van der Waals surface area (Å²) < 4.78 is 0. The van der Waals surface area contributed by atoms with Crippen LogP contribution in [-0.4, -0.2) is 0 Å². The summed E-state index contributed by atoms with van der Waals surface area (Å²) in [5, 5.41) is 0. The van der Waals surface area contributed by atoms with Crippen molar-refractivity contribution in [3.05, 3.63) is 0 Å². The summed E-state index contributed by atoms with van der Waals surface area (Å²) in [5.74, 6) is 1.93. The van der Waals surface area contributed by atoms with Crippen molar-refractivity contribution in [2.45, 2.75) is 118 Å². The first kappa shape index (κ1) is 20.0. The van der Waals surface area contributed by atoms with E-state index in [4.69, 9.17) is 0 Å². The van der Waals surface area contributed by atoms with Gasteiger partial charge in [0.2, 0.25) is 0 Å². The SMILES string of the molecule is CCCCCCC(C)CCCCCC(C)CCCCC. The van der Waals surface area contributed by atoms with Crippen molar-refractivity contribution in [3.8, 4) is 0 Å². The van der Waals surface area contributed by atoms with E-state index in [0.29, 0.717) is 0 Å². The molecule has 0 nitrogen and oxygen atoms in total. The van der Waals surface area contributed by atoms with Crippen LogP contribution < -0.4 is 0 Å². The van der Waals surface area contributed by atoms with Gasteiger partial charge < -0.3 is 0 Å². The van der Waals surface area contributed by atoms with E-state index in [0.717, 1.165) is 11.8 Å². The molecule has 0 saturated carbocycles. The Kier molecular flexibility index (Phi) is 15.4. The molecule has 0 N–H and O–H groups in total. The van der Waals surface area contributed by atoms with Crippen molar-refractivity contribution in [1.29, 1.82) is 0 Å². The molecule has 0 bridgehead atoms. The molecule has 0 heterocycles. The maximum absolute atomic E-state index is 2.46. The van der Waals surface area contributed by atoms with Crippen LogP contribution in [0.25, 0.3) is 0 Å². The van der Waals surface area contributed by atoms with Crippen molar-refractivity contribution >= 4 is 0 Å². The van der Waals surface area contributed by atoms with Crippen molar-refractivity contribution < 1.29 is 0 Å². The van der Waals surface area contributed by atoms with Crippen LogP contribution in [0.1, 0.15) is 118 Å². The lowest BCUT2D eigenvalue weighted by molar-refractivity contribution is 0.410. The van der Waals surface area contributed by atoms with E-state index in [1.165, 1.54) is 89.9 Å². The molecule has 0 heteroatoms. The molecular formula is C20H42. The molecule has 0 aliphatic rings. The van der Waals surface area contributed by atoms with Gasteiger partial charge in [0, 0.05) is 0 Å². The smallest absolute Gasteiger partial charge is 0.0443 e. The molecule has 0 aliphatic heterocycles. The zero-order valence-electron chi connectivity index (χ0n) is 15.1. The standard InChI is InChI=1S/C20H42/c1-5-7-9-12-16-20(4)18-14-10-13-17-19(3)15-11-8-6-2/h19-20H,5-18H2,1-4H3. The molecular weight excluding hydrogens is 240 g/mol. The first-order chi connectivity index (χ1) is 9.70. The minimum atomic E-state index is 0.966. The van der Waals surface area contributed by atoms with Gasteiger partial charge >= 0.3 is 0 Å². The highest BCUT2D eigenvalue weighted by Gasteiger charge is 2.04. The van der Waals surface area contributed by atoms with Gasteiger partial charge in [-0.3, -0.25) is 0 Å². The molecule has 0 fully saturated rings. The van der Waals surface area contributed by atoms with Crippen LogP contribution in [0.2, 0.25) is 0 Å². The first-order valence-electron chi connectivity index (χ1n) is 9.70. The van der Waals surface area contributed by atoms with Gasteiger partial charge in [0.25, 0.3) is 0 Å². The fourth-order valence-electron chi connectivity index (χ4n) is 3.11. The Bertz CT molecular complexity index is 173. The molecule has 0 spiro atoms. The Morgan fingerprint density at radius 3 is 1.15 bits per heavy atom. The second kappa shape index (κ2) is 15.4. The number of hydrogen-bond donors (Lipinski definition) is 0. The predicted octanol–water partition coefficient (Wildman–Crippen LogP) is 7.76. The maximum atomic E-state index is 2.46. The van der Waals surface area contributed by atoms with Gasteiger partial charge in [-0.1, -0.05) is 118 Å². The first-order valence-corrected chi connectivity index (χ1v) is 9.70. The van der Waals surface area contributed by atoms with Crippen LogP contribution >= 0.6 is 0 Å². The molecule has 2 atom stereocenters. The lowest BCUT2D eigenvalue weighted by Crippen LogP contribution is -1.97. The second-order valence-corrected chi connectivity index (χ2v) is 7.19. The molecule has 0 aromatic heterocycles. The Balaban J connectivity index is 3.25. The van der Waals surface area contributed by atoms with E-state index < -0.39 is 0 Å². The average molecular weight is 283 g/mol. The number of unbranched alkanes of at least 4 members (excludes halogenated alkanes) is 7. The third-order valence-electron chi connectivity index (χ3n) is 4.74. The van der Waals surface area contributed by atoms with Gasteiger partial charge in [0.05, 0.1) is 0 Å². The van der Waals surface area contributed by atoms with Crippen LogP contribution in [0.15, 0.2) is 0 Å². The highest BCUT2D eigenvalue weighted by molar-refractivity contribution is 4.57. The Labute approximate surface area is 130 Å². The highest BCUT2D eigenvalue weighted by Crippen LogP contribution is 2.20. The van der Waals surface area contributed by atoms with Crippen LogP contribution in [-0.2, 0) is 0 Å². The van der Waals surface area contributed by atoms with Crippen LogP contribution in [0.3, 0.4) is 0 Å². The Morgan fingerprint density at radius 2 is 0.750 bits per heavy atom. The van der Waals surface area contributed by atoms with E-state index in [-0.39, 0.29) is 0 Å². The Morgan fingerprint density at radius 1 is 0.450 bits per heavy atom. The summed E-state index contributed by atoms with van der Waals surface area (Å²) in [7, 11) is 0. The molecule has 0 aromatic carbocycles. The number of rotatable bonds is 15. The third kappa shape index (κ3) is 14.4. The van der Waals surface area contributed by atoms with Crippen molar-refractivity contribution in [1.82, 2.24) is 0 Å². The zero-order chi connectivity index (χ0) is 15.1. The minimum absolute atomic E-state index is 0.966. The summed E-state index contributed by atoms with van der Waals surface area (Å²) in [6.07, 6.45) is 20.2. The Hall–Kier alpha value is 0. The summed E-state index contributed by atoms with van der Waals surface area (Å²) in [5.41, 5.74) is 0. The monoisotopic (exact) mass is 282 g/mol. The number of hydrogen-bond acceptors (Lipinski definition) is 0. The molecule has 0 amide bonds. The van der Waals surface area contributed by atoms with Gasteiger partial charge in [-0.05, 0) is 11.8 Å². The van der Waals surface area contributed by atoms with E-state index in [1.54, 1.807) is 0 Å². The molecule has 0 rings (SSSR count). The van der Waals surface area contributed by atoms with Gasteiger partial charge in [0.15, 0.2) is 0 Å². The quantitative estimate of drug-likeness (QED) is 0.269. The summed E-state index contributed by atoms with van der Waals surface area (Å²) in [6, 6.07) is 0. The molecule has 122 valence electrons. The van der Waals surface area contributed by atoms with Crippen molar-refractivity contribution in [2.24, 2.45) is 11.8 Å². The van der Waals surface area contributed by atoms with Gasteiger partial charge in [0.1, 0.15) is 0 Å². The fourth-order valence-corrected chi connectivity index (χ4v) is 3.11. The van der Waals surface area contributed by atoms with Crippen molar-refractivity contribution in [3.63, 3.8) is 0 Å². The largest absolute Gasteiger partial charge is 0.0654 e. The maximum Gasteiger partial charge on any atom is -0.0443 e. The molecule has 0 radical (unpaired) electrons. The molecule has 0 saturated heterocycles. The van der Waals surface area contributed by atoms with E-state index in [9.17, 15) is 0 Å². The highest BCUT2D eigenvalue weighted by atomic mass is 14.1. The predicted molar refractivity (Wildman–Crippen MR) is 94.3 cm³/mol. The summed E-state index contributed by atoms with van der Waals surface area (Å²) >= 11 is 0. The summed E-state index contributed by atoms with van der Waals surface area (Å²) in [4.78, 5) is 0. The van der Waals surface area contributed by atoms with E-state index >= 15 is 0 Å². The minimum Gasteiger partial charge on any atom is -0.0654 e. The molecule has 0 aromatic rings. The van der Waals surface area contributed by atoms with Crippen molar-refractivity contribution in [2.75, 3.05) is 0 Å². The van der Waals surface area contributed by atoms with Gasteiger partial charge in [-0.25, -0.2) is 0 Å². The van der Waals surface area contributed by atoms with Gasteiger partial charge in [-0.2, -0.15) is 0 Å². The third-order valence-corrected chi connectivity index (χ3v) is 4.74. The topological polar surface area (TPSA) is 0 Å². The lowest BCUT2D eigenvalue weighted by Gasteiger charge is -2.13. The molecule has 2 unspecified atom stereocenters. The van der Waals surface area contributed by atoms with Gasteiger partial charge in [-0.15, -0.1) is 0 Å². The van der Waals surface area contributed by atoms with E-state index in [1.807, 2.05) is 0 Å². The average Bonchev–Trinajstić information content (AvgIpc) is 2.43. The summed E-state index contributed by atoms with van der Waals surface area (Å²) in [6.45, 7) is 9.51. The normalized spacial score (nSPS) is 14.4. The zero-order valence-corrected chi connectivity index (χ0v) is 15.1. The second-order valence-electron chi connectivity index (χ2n) is 7.19. The lowest BCUT2D eigenvalue weighted by atomic mass is 9.94. The van der Waals surface area contributed by atoms with Crippen LogP contribution in [0.5, 0.6) is 0 Å². The van der Waals surface area contributed by atoms with Crippen LogP contribution in [0.4, 0.5) is 0 Å². The fraction of sp³-hybridized carbons (Fsp3) is 1.00. The van der Waals surface area contributed by atoms with Crippen LogP contribution in [0, 0.1) is 11.8 Å². The molecule has 20 heavy (non-hydrogen) atoms. The molecule has 0 aliphatic carbocycles. The van der Waals surface area contributed by atoms with E-state index in [2.05, 4.69) is 27.7 Å².